The van der Waals surface area contributed by atoms with Crippen LogP contribution in [0.4, 0.5) is 0 Å². The third-order valence-electron chi connectivity index (χ3n) is 2.78. The third-order valence-corrected chi connectivity index (χ3v) is 3.82. The van der Waals surface area contributed by atoms with Gasteiger partial charge in [-0.3, -0.25) is 4.68 Å². The minimum atomic E-state index is 0.730. The van der Waals surface area contributed by atoms with Crippen LogP contribution in [-0.4, -0.2) is 28.4 Å². The number of methoxy groups -OCH3 is 1. The van der Waals surface area contributed by atoms with Crippen molar-refractivity contribution in [2.75, 3.05) is 13.7 Å². The summed E-state index contributed by atoms with van der Waals surface area (Å²) in [7, 11) is 3.54. The minimum absolute atomic E-state index is 0.730. The van der Waals surface area contributed by atoms with Crippen molar-refractivity contribution in [2.24, 2.45) is 7.05 Å². The summed E-state index contributed by atoms with van der Waals surface area (Å²) in [4.78, 5) is 4.19. The topological polar surface area (TPSA) is 52.0 Å². The van der Waals surface area contributed by atoms with Gasteiger partial charge in [-0.25, -0.2) is 4.98 Å². The number of halogens is 2. The molecule has 0 saturated carbocycles. The van der Waals surface area contributed by atoms with E-state index in [2.05, 4.69) is 53.3 Å². The fourth-order valence-electron chi connectivity index (χ4n) is 1.90. The zero-order valence-corrected chi connectivity index (χ0v) is 14.5. The number of aromatic nitrogens is 3. The van der Waals surface area contributed by atoms with Crippen LogP contribution in [-0.2, 0) is 20.0 Å². The van der Waals surface area contributed by atoms with Gasteiger partial charge in [0, 0.05) is 36.6 Å². The first kappa shape index (κ1) is 15.5. The number of aryl methyl sites for hydroxylation is 1. The van der Waals surface area contributed by atoms with Gasteiger partial charge in [0.05, 0.1) is 11.6 Å². The quantitative estimate of drug-likeness (QED) is 0.753. The van der Waals surface area contributed by atoms with Crippen LogP contribution in [0, 0.1) is 0 Å². The Morgan fingerprint density at radius 2 is 2.15 bits per heavy atom. The van der Waals surface area contributed by atoms with E-state index >= 15 is 0 Å². The highest BCUT2D eigenvalue weighted by Crippen LogP contribution is 2.32. The molecule has 0 aliphatic rings. The van der Waals surface area contributed by atoms with Crippen molar-refractivity contribution in [1.82, 2.24) is 20.1 Å². The fourth-order valence-corrected chi connectivity index (χ4v) is 3.37. The maximum Gasteiger partial charge on any atom is 0.151 e. The van der Waals surface area contributed by atoms with Gasteiger partial charge in [-0.05, 0) is 28.1 Å². The minimum Gasteiger partial charge on any atom is -0.495 e. The third kappa shape index (κ3) is 4.04. The van der Waals surface area contributed by atoms with E-state index in [1.165, 1.54) is 0 Å². The first-order valence-corrected chi connectivity index (χ1v) is 7.76. The Morgan fingerprint density at radius 1 is 1.35 bits per heavy atom. The monoisotopic (exact) mass is 402 g/mol. The molecule has 0 unspecified atom stereocenters. The van der Waals surface area contributed by atoms with Crippen LogP contribution < -0.4 is 10.1 Å². The van der Waals surface area contributed by atoms with E-state index in [1.54, 1.807) is 18.1 Å². The molecule has 1 N–H and O–H groups in total. The summed E-state index contributed by atoms with van der Waals surface area (Å²) in [6, 6.07) is 4.02. The standard InChI is InChI=1S/C13H16Br2N4O/c1-19-8-17-12(18-19)3-4-16-7-9-5-10(14)6-11(15)13(9)20-2/h5-6,8,16H,3-4,7H2,1-2H3. The molecule has 0 radical (unpaired) electrons. The van der Waals surface area contributed by atoms with Crippen LogP contribution in [0.2, 0.25) is 0 Å². The van der Waals surface area contributed by atoms with Crippen LogP contribution in [0.3, 0.4) is 0 Å². The number of benzene rings is 1. The largest absolute Gasteiger partial charge is 0.495 e. The zero-order valence-electron chi connectivity index (χ0n) is 11.4. The summed E-state index contributed by atoms with van der Waals surface area (Å²) in [5.41, 5.74) is 1.10. The van der Waals surface area contributed by atoms with Crippen LogP contribution >= 0.6 is 31.9 Å². The van der Waals surface area contributed by atoms with E-state index in [1.807, 2.05) is 13.1 Å². The summed E-state index contributed by atoms with van der Waals surface area (Å²) in [6.45, 7) is 1.55. The summed E-state index contributed by atoms with van der Waals surface area (Å²) < 4.78 is 9.09. The zero-order chi connectivity index (χ0) is 14.5. The van der Waals surface area contributed by atoms with E-state index in [4.69, 9.17) is 4.74 Å². The molecule has 20 heavy (non-hydrogen) atoms. The van der Waals surface area contributed by atoms with E-state index < -0.39 is 0 Å². The SMILES string of the molecule is COc1c(Br)cc(Br)cc1CNCCc1ncn(C)n1. The number of nitrogens with one attached hydrogen (secondary N) is 1. The molecule has 108 valence electrons. The Kier molecular flexibility index (Phi) is 5.56. The van der Waals surface area contributed by atoms with Gasteiger partial charge in [0.1, 0.15) is 12.1 Å². The summed E-state index contributed by atoms with van der Waals surface area (Å²) in [5.74, 6) is 1.71. The maximum absolute atomic E-state index is 5.41. The first-order valence-electron chi connectivity index (χ1n) is 6.17. The molecule has 0 saturated heterocycles. The summed E-state index contributed by atoms with van der Waals surface area (Å²) >= 11 is 6.99. The van der Waals surface area contributed by atoms with Gasteiger partial charge >= 0.3 is 0 Å². The molecule has 0 aliphatic heterocycles. The molecule has 0 amide bonds. The molecule has 0 fully saturated rings. The lowest BCUT2D eigenvalue weighted by Crippen LogP contribution is -2.18. The molecule has 2 rings (SSSR count). The molecule has 0 bridgehead atoms. The van der Waals surface area contributed by atoms with E-state index in [0.717, 1.165) is 45.6 Å². The van der Waals surface area contributed by atoms with Crippen molar-refractivity contribution in [1.29, 1.82) is 0 Å². The molecule has 5 nitrogen and oxygen atoms in total. The summed E-state index contributed by atoms with van der Waals surface area (Å²) in [5, 5.41) is 7.62. The van der Waals surface area contributed by atoms with Gasteiger partial charge in [-0.2, -0.15) is 5.10 Å². The van der Waals surface area contributed by atoms with E-state index in [9.17, 15) is 0 Å². The van der Waals surface area contributed by atoms with Gasteiger partial charge in [0.15, 0.2) is 5.82 Å². The lowest BCUT2D eigenvalue weighted by atomic mass is 10.2. The molecule has 1 aromatic heterocycles. The van der Waals surface area contributed by atoms with Gasteiger partial charge < -0.3 is 10.1 Å². The first-order chi connectivity index (χ1) is 9.60. The van der Waals surface area contributed by atoms with E-state index in [0.29, 0.717) is 0 Å². The smallest absolute Gasteiger partial charge is 0.151 e. The van der Waals surface area contributed by atoms with Crippen LogP contribution in [0.15, 0.2) is 27.4 Å². The van der Waals surface area contributed by atoms with Crippen molar-refractivity contribution < 1.29 is 4.74 Å². The Balaban J connectivity index is 1.90. The van der Waals surface area contributed by atoms with Gasteiger partial charge in [0.2, 0.25) is 0 Å². The Morgan fingerprint density at radius 3 is 2.80 bits per heavy atom. The number of hydrogen-bond donors (Lipinski definition) is 1. The number of ether oxygens (including phenoxy) is 1. The van der Waals surface area contributed by atoms with Crippen LogP contribution in [0.5, 0.6) is 5.75 Å². The van der Waals surface area contributed by atoms with Gasteiger partial charge in [0.25, 0.3) is 0 Å². The van der Waals surface area contributed by atoms with Crippen molar-refractivity contribution in [3.8, 4) is 5.75 Å². The molecule has 0 aliphatic carbocycles. The van der Waals surface area contributed by atoms with Gasteiger partial charge in [-0.15, -0.1) is 0 Å². The molecule has 0 atom stereocenters. The highest BCUT2D eigenvalue weighted by atomic mass is 79.9. The number of hydrogen-bond acceptors (Lipinski definition) is 4. The molecule has 2 aromatic rings. The number of rotatable bonds is 6. The van der Waals surface area contributed by atoms with E-state index in [-0.39, 0.29) is 0 Å². The Labute approximate surface area is 135 Å². The van der Waals surface area contributed by atoms with Crippen molar-refractivity contribution >= 4 is 31.9 Å². The van der Waals surface area contributed by atoms with Crippen LogP contribution in [0.25, 0.3) is 0 Å². The molecule has 7 heteroatoms. The lowest BCUT2D eigenvalue weighted by Gasteiger charge is -2.12. The molecular weight excluding hydrogens is 388 g/mol. The van der Waals surface area contributed by atoms with Crippen molar-refractivity contribution in [3.63, 3.8) is 0 Å². The molecule has 1 heterocycles. The number of nitrogens with zero attached hydrogens (tertiary/aromatic N) is 3. The Bertz CT molecular complexity index is 586. The highest BCUT2D eigenvalue weighted by Gasteiger charge is 2.09. The average molecular weight is 404 g/mol. The highest BCUT2D eigenvalue weighted by molar-refractivity contribution is 9.11. The second-order valence-corrected chi connectivity index (χ2v) is 6.11. The molecule has 1 aromatic carbocycles. The predicted molar refractivity (Wildman–Crippen MR) is 84.8 cm³/mol. The van der Waals surface area contributed by atoms with Crippen molar-refractivity contribution in [2.45, 2.75) is 13.0 Å². The second kappa shape index (κ2) is 7.19. The predicted octanol–water partition coefficient (Wildman–Crippen LogP) is 2.68. The van der Waals surface area contributed by atoms with Crippen LogP contribution in [0.1, 0.15) is 11.4 Å². The summed E-state index contributed by atoms with van der Waals surface area (Å²) in [6.07, 6.45) is 2.52. The lowest BCUT2D eigenvalue weighted by molar-refractivity contribution is 0.405. The van der Waals surface area contributed by atoms with Crippen molar-refractivity contribution in [3.05, 3.63) is 38.8 Å². The molecular formula is C13H16Br2N4O. The fraction of sp³-hybridized carbons (Fsp3) is 0.385. The maximum atomic E-state index is 5.41. The Hall–Kier alpha value is -0.920. The average Bonchev–Trinajstić information content (AvgIpc) is 2.80. The molecule has 0 spiro atoms. The second-order valence-electron chi connectivity index (χ2n) is 4.34. The normalized spacial score (nSPS) is 10.8. The van der Waals surface area contributed by atoms with Gasteiger partial charge in [-0.1, -0.05) is 15.9 Å².